The standard InChI is InChI=1S/C21H21N3O5/c1-27-17-6-3-14(4-7-17)12-24-21(26)16(11-22)9-15-5-8-18(19(10-15)28-2)29-13-20(23)25/h3-10H,12-13H2,1-2H3,(H2,23,25)(H,24,26)/b16-9+. The third-order valence-corrected chi connectivity index (χ3v) is 3.85. The molecule has 0 atom stereocenters. The molecule has 29 heavy (non-hydrogen) atoms. The van der Waals surface area contributed by atoms with Crippen LogP contribution in [0.4, 0.5) is 0 Å². The smallest absolute Gasteiger partial charge is 0.262 e. The number of hydrogen-bond donors (Lipinski definition) is 2. The fourth-order valence-electron chi connectivity index (χ4n) is 2.38. The van der Waals surface area contributed by atoms with E-state index in [0.717, 1.165) is 11.3 Å². The van der Waals surface area contributed by atoms with Crippen molar-refractivity contribution in [2.24, 2.45) is 5.73 Å². The number of primary amides is 1. The van der Waals surface area contributed by atoms with Crippen molar-refractivity contribution in [1.82, 2.24) is 5.32 Å². The summed E-state index contributed by atoms with van der Waals surface area (Å²) in [5.74, 6) is 0.268. The Balaban J connectivity index is 2.09. The van der Waals surface area contributed by atoms with Crippen LogP contribution in [-0.2, 0) is 16.1 Å². The van der Waals surface area contributed by atoms with Gasteiger partial charge >= 0.3 is 0 Å². The van der Waals surface area contributed by atoms with Crippen LogP contribution in [0.5, 0.6) is 17.2 Å². The maximum absolute atomic E-state index is 12.3. The highest BCUT2D eigenvalue weighted by atomic mass is 16.5. The average molecular weight is 395 g/mol. The molecule has 0 saturated carbocycles. The van der Waals surface area contributed by atoms with E-state index in [1.165, 1.54) is 13.2 Å². The zero-order chi connectivity index (χ0) is 21.2. The second-order valence-corrected chi connectivity index (χ2v) is 5.87. The van der Waals surface area contributed by atoms with Gasteiger partial charge in [-0.25, -0.2) is 0 Å². The first-order valence-electron chi connectivity index (χ1n) is 8.59. The molecule has 0 unspecified atom stereocenters. The van der Waals surface area contributed by atoms with Gasteiger partial charge < -0.3 is 25.3 Å². The van der Waals surface area contributed by atoms with Crippen molar-refractivity contribution >= 4 is 17.9 Å². The molecule has 8 heteroatoms. The first kappa shape index (κ1) is 21.3. The minimum absolute atomic E-state index is 0.0635. The van der Waals surface area contributed by atoms with Gasteiger partial charge in [-0.2, -0.15) is 5.26 Å². The van der Waals surface area contributed by atoms with Crippen molar-refractivity contribution < 1.29 is 23.8 Å². The average Bonchev–Trinajstić information content (AvgIpc) is 2.74. The lowest BCUT2D eigenvalue weighted by Gasteiger charge is -2.10. The van der Waals surface area contributed by atoms with Crippen LogP contribution in [0.3, 0.4) is 0 Å². The lowest BCUT2D eigenvalue weighted by Crippen LogP contribution is -2.23. The monoisotopic (exact) mass is 395 g/mol. The highest BCUT2D eigenvalue weighted by Crippen LogP contribution is 2.29. The predicted octanol–water partition coefficient (Wildman–Crippen LogP) is 1.79. The van der Waals surface area contributed by atoms with Crippen molar-refractivity contribution in [3.05, 3.63) is 59.2 Å². The number of nitrogens with zero attached hydrogens (tertiary/aromatic N) is 1. The van der Waals surface area contributed by atoms with Gasteiger partial charge in [-0.1, -0.05) is 18.2 Å². The van der Waals surface area contributed by atoms with E-state index in [1.807, 2.05) is 18.2 Å². The number of benzene rings is 2. The molecule has 0 heterocycles. The van der Waals surface area contributed by atoms with Gasteiger partial charge in [0.1, 0.15) is 17.4 Å². The SMILES string of the molecule is COc1ccc(CNC(=O)/C(C#N)=C/c2ccc(OCC(N)=O)c(OC)c2)cc1. The molecule has 2 aromatic carbocycles. The number of nitrogens with two attached hydrogens (primary N) is 1. The van der Waals surface area contributed by atoms with Crippen LogP contribution in [0, 0.1) is 11.3 Å². The van der Waals surface area contributed by atoms with Crippen molar-refractivity contribution in [3.8, 4) is 23.3 Å². The Morgan fingerprint density at radius 1 is 1.10 bits per heavy atom. The molecule has 2 aromatic rings. The molecule has 2 amide bonds. The number of nitrogens with one attached hydrogen (secondary N) is 1. The first-order valence-corrected chi connectivity index (χ1v) is 8.59. The predicted molar refractivity (Wildman–Crippen MR) is 106 cm³/mol. The number of nitriles is 1. The van der Waals surface area contributed by atoms with Crippen LogP contribution in [0.15, 0.2) is 48.0 Å². The Bertz CT molecular complexity index is 946. The minimum atomic E-state index is -0.615. The molecule has 0 bridgehead atoms. The van der Waals surface area contributed by atoms with E-state index in [4.69, 9.17) is 19.9 Å². The Labute approximate surface area is 168 Å². The lowest BCUT2D eigenvalue weighted by molar-refractivity contribution is -0.120. The van der Waals surface area contributed by atoms with E-state index < -0.39 is 11.8 Å². The molecular weight excluding hydrogens is 374 g/mol. The zero-order valence-electron chi connectivity index (χ0n) is 16.1. The van der Waals surface area contributed by atoms with Gasteiger partial charge in [0.2, 0.25) is 0 Å². The summed E-state index contributed by atoms with van der Waals surface area (Å²) in [6, 6.07) is 13.9. The van der Waals surface area contributed by atoms with Crippen LogP contribution in [-0.4, -0.2) is 32.6 Å². The van der Waals surface area contributed by atoms with E-state index in [2.05, 4.69) is 5.32 Å². The van der Waals surface area contributed by atoms with Crippen LogP contribution in [0.2, 0.25) is 0 Å². The van der Waals surface area contributed by atoms with Gasteiger partial charge in [-0.3, -0.25) is 9.59 Å². The van der Waals surface area contributed by atoms with Crippen LogP contribution >= 0.6 is 0 Å². The van der Waals surface area contributed by atoms with Gasteiger partial charge in [0.05, 0.1) is 14.2 Å². The Morgan fingerprint density at radius 3 is 2.41 bits per heavy atom. The molecular formula is C21H21N3O5. The molecule has 0 aromatic heterocycles. The molecule has 0 fully saturated rings. The Hall–Kier alpha value is -3.99. The summed E-state index contributed by atoms with van der Waals surface area (Å²) in [4.78, 5) is 23.2. The molecule has 0 spiro atoms. The Kier molecular flexibility index (Phi) is 7.62. The van der Waals surface area contributed by atoms with E-state index in [9.17, 15) is 14.9 Å². The third-order valence-electron chi connectivity index (χ3n) is 3.85. The van der Waals surface area contributed by atoms with Gasteiger partial charge in [-0.05, 0) is 41.5 Å². The highest BCUT2D eigenvalue weighted by Gasteiger charge is 2.11. The highest BCUT2D eigenvalue weighted by molar-refractivity contribution is 6.01. The number of carbonyl (C=O) groups excluding carboxylic acids is 2. The van der Waals surface area contributed by atoms with E-state index in [-0.39, 0.29) is 18.7 Å². The van der Waals surface area contributed by atoms with Gasteiger partial charge in [0.15, 0.2) is 18.1 Å². The summed E-state index contributed by atoms with van der Waals surface area (Å²) in [5, 5.41) is 12.0. The van der Waals surface area contributed by atoms with Crippen LogP contribution in [0.25, 0.3) is 6.08 Å². The second kappa shape index (κ2) is 10.4. The summed E-state index contributed by atoms with van der Waals surface area (Å²) >= 11 is 0. The molecule has 150 valence electrons. The van der Waals surface area contributed by atoms with Crippen molar-refractivity contribution in [2.45, 2.75) is 6.54 Å². The quantitative estimate of drug-likeness (QED) is 0.493. The fourth-order valence-corrected chi connectivity index (χ4v) is 2.38. The number of amides is 2. The molecule has 8 nitrogen and oxygen atoms in total. The number of methoxy groups -OCH3 is 2. The molecule has 2 rings (SSSR count). The van der Waals surface area contributed by atoms with Crippen molar-refractivity contribution in [1.29, 1.82) is 5.26 Å². The molecule has 0 saturated heterocycles. The summed E-state index contributed by atoms with van der Waals surface area (Å²) in [6.45, 7) is -0.0200. The fraction of sp³-hybridized carbons (Fsp3) is 0.190. The van der Waals surface area contributed by atoms with E-state index in [0.29, 0.717) is 17.1 Å². The van der Waals surface area contributed by atoms with Gasteiger partial charge in [-0.15, -0.1) is 0 Å². The topological polar surface area (TPSA) is 124 Å². The summed E-state index contributed by atoms with van der Waals surface area (Å²) < 4.78 is 15.6. The van der Waals surface area contributed by atoms with E-state index in [1.54, 1.807) is 37.4 Å². The second-order valence-electron chi connectivity index (χ2n) is 5.87. The van der Waals surface area contributed by atoms with Crippen molar-refractivity contribution in [3.63, 3.8) is 0 Å². The number of rotatable bonds is 9. The van der Waals surface area contributed by atoms with Crippen LogP contribution in [0.1, 0.15) is 11.1 Å². The summed E-state index contributed by atoms with van der Waals surface area (Å²) in [6.07, 6.45) is 1.43. The number of hydrogen-bond acceptors (Lipinski definition) is 6. The maximum Gasteiger partial charge on any atom is 0.262 e. The van der Waals surface area contributed by atoms with Gasteiger partial charge in [0.25, 0.3) is 11.8 Å². The first-order chi connectivity index (χ1) is 14.0. The van der Waals surface area contributed by atoms with Crippen LogP contribution < -0.4 is 25.3 Å². The molecule has 0 aliphatic rings. The lowest BCUT2D eigenvalue weighted by atomic mass is 10.1. The minimum Gasteiger partial charge on any atom is -0.497 e. The molecule has 3 N–H and O–H groups in total. The van der Waals surface area contributed by atoms with Crippen molar-refractivity contribution in [2.75, 3.05) is 20.8 Å². The molecule has 0 aliphatic heterocycles. The molecule has 0 aliphatic carbocycles. The Morgan fingerprint density at radius 2 is 1.83 bits per heavy atom. The third kappa shape index (κ3) is 6.29. The largest absolute Gasteiger partial charge is 0.497 e. The maximum atomic E-state index is 12.3. The van der Waals surface area contributed by atoms with Gasteiger partial charge in [0, 0.05) is 6.54 Å². The summed E-state index contributed by atoms with van der Waals surface area (Å²) in [7, 11) is 3.01. The number of ether oxygens (including phenoxy) is 3. The van der Waals surface area contributed by atoms with E-state index >= 15 is 0 Å². The zero-order valence-corrected chi connectivity index (χ0v) is 16.1. The number of carbonyl (C=O) groups is 2. The normalized spacial score (nSPS) is 10.6. The molecule has 0 radical (unpaired) electrons. The summed E-state index contributed by atoms with van der Waals surface area (Å²) in [5.41, 5.74) is 6.43.